The largest absolute Gasteiger partial charge is 0.481 e. The maximum absolute atomic E-state index is 13.3. The molecule has 6 heteroatoms. The molecule has 0 heterocycles. The van der Waals surface area contributed by atoms with Gasteiger partial charge in [0.05, 0.1) is 11.5 Å². The number of carboxylic acids is 1. The minimum Gasteiger partial charge on any atom is -0.481 e. The average Bonchev–Trinajstić information content (AvgIpc) is 2.27. The molecule has 0 aromatic heterocycles. The summed E-state index contributed by atoms with van der Waals surface area (Å²) in [6, 6.07) is 2.59. The molecule has 1 rings (SSSR count). The van der Waals surface area contributed by atoms with Crippen molar-refractivity contribution < 1.29 is 23.5 Å². The molecular formula is C13H15F2NO3. The van der Waals surface area contributed by atoms with Crippen LogP contribution in [0.1, 0.15) is 24.2 Å². The Balaban J connectivity index is 2.72. The lowest BCUT2D eigenvalue weighted by atomic mass is 9.96. The Kier molecular flexibility index (Phi) is 4.97. The maximum Gasteiger partial charge on any atom is 0.308 e. The van der Waals surface area contributed by atoms with Crippen LogP contribution in [0.25, 0.3) is 0 Å². The van der Waals surface area contributed by atoms with Crippen molar-refractivity contribution in [3.05, 3.63) is 35.4 Å². The number of carbonyl (C=O) groups excluding carboxylic acids is 1. The maximum atomic E-state index is 13.3. The van der Waals surface area contributed by atoms with Crippen molar-refractivity contribution in [2.45, 2.75) is 13.8 Å². The predicted molar refractivity (Wildman–Crippen MR) is 64.7 cm³/mol. The van der Waals surface area contributed by atoms with Crippen LogP contribution in [0.3, 0.4) is 0 Å². The van der Waals surface area contributed by atoms with Crippen molar-refractivity contribution in [3.8, 4) is 0 Å². The van der Waals surface area contributed by atoms with Gasteiger partial charge in [-0.15, -0.1) is 0 Å². The third-order valence-corrected chi connectivity index (χ3v) is 2.78. The third kappa shape index (κ3) is 4.01. The first-order valence-corrected chi connectivity index (χ1v) is 5.79. The number of carbonyl (C=O) groups is 2. The second kappa shape index (κ2) is 6.26. The summed E-state index contributed by atoms with van der Waals surface area (Å²) in [5.74, 6) is -4.48. The van der Waals surface area contributed by atoms with Gasteiger partial charge in [0.15, 0.2) is 0 Å². The molecular weight excluding hydrogens is 256 g/mol. The summed E-state index contributed by atoms with van der Waals surface area (Å²) in [5.41, 5.74) is -0.311. The molecule has 2 N–H and O–H groups in total. The summed E-state index contributed by atoms with van der Waals surface area (Å²) < 4.78 is 26.0. The van der Waals surface area contributed by atoms with Crippen molar-refractivity contribution in [2.24, 2.45) is 11.8 Å². The lowest BCUT2D eigenvalue weighted by Crippen LogP contribution is -2.35. The molecule has 0 spiro atoms. The highest BCUT2D eigenvalue weighted by molar-refractivity contribution is 5.94. The van der Waals surface area contributed by atoms with Gasteiger partial charge in [-0.1, -0.05) is 13.8 Å². The molecule has 0 aliphatic heterocycles. The van der Waals surface area contributed by atoms with E-state index in [1.807, 2.05) is 0 Å². The minimum atomic E-state index is -1.03. The highest BCUT2D eigenvalue weighted by Gasteiger charge is 2.22. The van der Waals surface area contributed by atoms with Crippen LogP contribution in [0.5, 0.6) is 0 Å². The molecule has 0 fully saturated rings. The Hall–Kier alpha value is -1.98. The van der Waals surface area contributed by atoms with E-state index in [4.69, 9.17) is 5.11 Å². The second-order valence-electron chi connectivity index (χ2n) is 4.52. The first-order chi connectivity index (χ1) is 8.82. The van der Waals surface area contributed by atoms with Gasteiger partial charge in [-0.25, -0.2) is 8.78 Å². The van der Waals surface area contributed by atoms with Gasteiger partial charge >= 0.3 is 5.97 Å². The lowest BCUT2D eigenvalue weighted by molar-refractivity contribution is -0.142. The van der Waals surface area contributed by atoms with Crippen LogP contribution in [0.2, 0.25) is 0 Å². The van der Waals surface area contributed by atoms with E-state index in [1.165, 1.54) is 0 Å². The van der Waals surface area contributed by atoms with Crippen LogP contribution in [0.4, 0.5) is 8.78 Å². The number of hydrogen-bond donors (Lipinski definition) is 2. The Bertz CT molecular complexity index is 489. The number of carboxylic acid groups (broad SMARTS) is 1. The van der Waals surface area contributed by atoms with Crippen LogP contribution in [-0.4, -0.2) is 23.5 Å². The van der Waals surface area contributed by atoms with Crippen molar-refractivity contribution in [2.75, 3.05) is 6.54 Å². The van der Waals surface area contributed by atoms with Crippen LogP contribution in [0, 0.1) is 23.5 Å². The van der Waals surface area contributed by atoms with Crippen LogP contribution in [-0.2, 0) is 4.79 Å². The van der Waals surface area contributed by atoms with E-state index >= 15 is 0 Å². The molecule has 4 nitrogen and oxygen atoms in total. The first kappa shape index (κ1) is 15.1. The van der Waals surface area contributed by atoms with Gasteiger partial charge in [0.1, 0.15) is 11.6 Å². The number of amides is 1. The molecule has 1 atom stereocenters. The van der Waals surface area contributed by atoms with Gasteiger partial charge in [0.2, 0.25) is 0 Å². The molecule has 0 aliphatic rings. The van der Waals surface area contributed by atoms with E-state index in [1.54, 1.807) is 13.8 Å². The average molecular weight is 271 g/mol. The van der Waals surface area contributed by atoms with Crippen molar-refractivity contribution in [3.63, 3.8) is 0 Å². The van der Waals surface area contributed by atoms with Gasteiger partial charge in [-0.3, -0.25) is 9.59 Å². The number of aliphatic carboxylic acids is 1. The summed E-state index contributed by atoms with van der Waals surface area (Å²) in [6.07, 6.45) is 0. The topological polar surface area (TPSA) is 66.4 Å². The zero-order valence-corrected chi connectivity index (χ0v) is 10.6. The molecule has 0 saturated heterocycles. The molecule has 1 aromatic rings. The zero-order chi connectivity index (χ0) is 14.6. The highest BCUT2D eigenvalue weighted by atomic mass is 19.1. The Morgan fingerprint density at radius 1 is 1.32 bits per heavy atom. The molecule has 19 heavy (non-hydrogen) atoms. The summed E-state index contributed by atoms with van der Waals surface area (Å²) >= 11 is 0. The highest BCUT2D eigenvalue weighted by Crippen LogP contribution is 2.12. The number of halogens is 2. The Morgan fingerprint density at radius 3 is 2.42 bits per heavy atom. The van der Waals surface area contributed by atoms with E-state index in [9.17, 15) is 18.4 Å². The number of nitrogens with one attached hydrogen (secondary N) is 1. The third-order valence-electron chi connectivity index (χ3n) is 2.78. The molecule has 0 saturated carbocycles. The standard InChI is InChI=1S/C13H15F2NO3/c1-7(2)10(13(18)19)6-16-12(17)9-4-3-8(14)5-11(9)15/h3-5,7,10H,6H2,1-2H3,(H,16,17)(H,18,19). The van der Waals surface area contributed by atoms with E-state index in [0.717, 1.165) is 12.1 Å². The SMILES string of the molecule is CC(C)C(CNC(=O)c1ccc(F)cc1F)C(=O)O. The molecule has 0 bridgehead atoms. The first-order valence-electron chi connectivity index (χ1n) is 5.79. The molecule has 1 aromatic carbocycles. The normalized spacial score (nSPS) is 12.3. The second-order valence-corrected chi connectivity index (χ2v) is 4.52. The summed E-state index contributed by atoms with van der Waals surface area (Å²) in [4.78, 5) is 22.6. The summed E-state index contributed by atoms with van der Waals surface area (Å²) in [7, 11) is 0. The molecule has 1 amide bonds. The van der Waals surface area contributed by atoms with Crippen molar-refractivity contribution >= 4 is 11.9 Å². The number of rotatable bonds is 5. The van der Waals surface area contributed by atoms with Gasteiger partial charge in [-0.05, 0) is 18.1 Å². The van der Waals surface area contributed by atoms with E-state index in [0.29, 0.717) is 6.07 Å². The molecule has 1 unspecified atom stereocenters. The minimum absolute atomic E-state index is 0.108. The zero-order valence-electron chi connectivity index (χ0n) is 10.6. The van der Waals surface area contributed by atoms with E-state index in [2.05, 4.69) is 5.32 Å². The van der Waals surface area contributed by atoms with Gasteiger partial charge in [0, 0.05) is 12.6 Å². The van der Waals surface area contributed by atoms with Crippen LogP contribution in [0.15, 0.2) is 18.2 Å². The van der Waals surface area contributed by atoms with Crippen LogP contribution >= 0.6 is 0 Å². The fourth-order valence-corrected chi connectivity index (χ4v) is 1.58. The van der Waals surface area contributed by atoms with E-state index in [-0.39, 0.29) is 18.0 Å². The summed E-state index contributed by atoms with van der Waals surface area (Å²) in [6.45, 7) is 3.31. The van der Waals surface area contributed by atoms with Gasteiger partial charge < -0.3 is 10.4 Å². The Morgan fingerprint density at radius 2 is 1.95 bits per heavy atom. The molecule has 0 aliphatic carbocycles. The number of benzene rings is 1. The fourth-order valence-electron chi connectivity index (χ4n) is 1.58. The van der Waals surface area contributed by atoms with Crippen LogP contribution < -0.4 is 5.32 Å². The van der Waals surface area contributed by atoms with E-state index < -0.39 is 29.4 Å². The van der Waals surface area contributed by atoms with Crippen molar-refractivity contribution in [1.29, 1.82) is 0 Å². The van der Waals surface area contributed by atoms with Gasteiger partial charge in [0.25, 0.3) is 5.91 Å². The fraction of sp³-hybridized carbons (Fsp3) is 0.385. The number of hydrogen-bond acceptors (Lipinski definition) is 2. The van der Waals surface area contributed by atoms with Gasteiger partial charge in [-0.2, -0.15) is 0 Å². The van der Waals surface area contributed by atoms with Crippen molar-refractivity contribution in [1.82, 2.24) is 5.32 Å². The quantitative estimate of drug-likeness (QED) is 0.861. The lowest BCUT2D eigenvalue weighted by Gasteiger charge is -2.16. The molecule has 0 radical (unpaired) electrons. The predicted octanol–water partition coefficient (Wildman–Crippen LogP) is 2.05. The molecule has 104 valence electrons. The monoisotopic (exact) mass is 271 g/mol. The summed E-state index contributed by atoms with van der Waals surface area (Å²) in [5, 5.41) is 11.3. The smallest absolute Gasteiger partial charge is 0.308 e. The Labute approximate surface area is 109 Å².